The van der Waals surface area contributed by atoms with Gasteiger partial charge in [-0.15, -0.1) is 0 Å². The quantitative estimate of drug-likeness (QED) is 0.896. The molecule has 118 valence electrons. The first-order chi connectivity index (χ1) is 10.5. The van der Waals surface area contributed by atoms with E-state index in [4.69, 9.17) is 4.42 Å². The van der Waals surface area contributed by atoms with E-state index in [-0.39, 0.29) is 23.5 Å². The molecule has 1 aliphatic heterocycles. The van der Waals surface area contributed by atoms with Crippen molar-refractivity contribution in [2.75, 3.05) is 18.1 Å². The van der Waals surface area contributed by atoms with Crippen LogP contribution in [0, 0.1) is 5.92 Å². The molecule has 22 heavy (non-hydrogen) atoms. The molecular formula is C15H18N2O4S. The van der Waals surface area contributed by atoms with E-state index in [1.807, 2.05) is 30.3 Å². The van der Waals surface area contributed by atoms with Gasteiger partial charge in [0.25, 0.3) is 0 Å². The first kappa shape index (κ1) is 14.9. The van der Waals surface area contributed by atoms with Gasteiger partial charge in [0.2, 0.25) is 0 Å². The minimum atomic E-state index is -2.90. The fourth-order valence-corrected chi connectivity index (χ4v) is 4.49. The molecule has 1 aromatic heterocycles. The van der Waals surface area contributed by atoms with Crippen LogP contribution in [0.1, 0.15) is 12.2 Å². The molecule has 1 atom stereocenters. The topological polar surface area (TPSA) is 88.4 Å². The Morgan fingerprint density at radius 1 is 1.27 bits per heavy atom. The van der Waals surface area contributed by atoms with Crippen LogP contribution in [0.4, 0.5) is 4.79 Å². The van der Waals surface area contributed by atoms with Gasteiger partial charge >= 0.3 is 6.03 Å². The van der Waals surface area contributed by atoms with Gasteiger partial charge in [-0.1, -0.05) is 18.2 Å². The predicted octanol–water partition coefficient (Wildman–Crippen LogP) is 1.67. The summed E-state index contributed by atoms with van der Waals surface area (Å²) in [6.45, 7) is 0.675. The molecule has 1 saturated heterocycles. The molecule has 2 aromatic rings. The largest absolute Gasteiger partial charge is 0.459 e. The Kier molecular flexibility index (Phi) is 4.06. The number of carbonyl (C=O) groups is 1. The lowest BCUT2D eigenvalue weighted by atomic mass is 10.1. The van der Waals surface area contributed by atoms with Gasteiger partial charge in [-0.2, -0.15) is 0 Å². The zero-order valence-corrected chi connectivity index (χ0v) is 12.9. The Hall–Kier alpha value is -2.02. The summed E-state index contributed by atoms with van der Waals surface area (Å²) >= 11 is 0. The van der Waals surface area contributed by atoms with E-state index in [1.165, 1.54) is 0 Å². The van der Waals surface area contributed by atoms with Gasteiger partial charge in [-0.3, -0.25) is 0 Å². The summed E-state index contributed by atoms with van der Waals surface area (Å²) in [5, 5.41) is 6.42. The highest BCUT2D eigenvalue weighted by Gasteiger charge is 2.27. The van der Waals surface area contributed by atoms with Crippen molar-refractivity contribution in [1.82, 2.24) is 10.6 Å². The van der Waals surface area contributed by atoms with Gasteiger partial charge in [-0.25, -0.2) is 13.2 Å². The molecule has 3 rings (SSSR count). The lowest BCUT2D eigenvalue weighted by Crippen LogP contribution is -2.38. The van der Waals surface area contributed by atoms with Crippen LogP contribution < -0.4 is 10.6 Å². The van der Waals surface area contributed by atoms with Crippen LogP contribution in [-0.4, -0.2) is 32.5 Å². The monoisotopic (exact) mass is 322 g/mol. The Bertz CT molecular complexity index is 749. The van der Waals surface area contributed by atoms with Gasteiger partial charge in [0.1, 0.15) is 11.3 Å². The SMILES string of the molecule is O=C(NCc1cc2ccccc2o1)NC[C@H]1CCS(=O)(=O)C1. The van der Waals surface area contributed by atoms with Crippen molar-refractivity contribution in [1.29, 1.82) is 0 Å². The number of hydrogen-bond donors (Lipinski definition) is 2. The van der Waals surface area contributed by atoms with E-state index >= 15 is 0 Å². The van der Waals surface area contributed by atoms with E-state index in [2.05, 4.69) is 10.6 Å². The molecule has 0 unspecified atom stereocenters. The molecule has 0 saturated carbocycles. The second-order valence-corrected chi connectivity index (χ2v) is 7.81. The number of urea groups is 1. The first-order valence-corrected chi connectivity index (χ1v) is 9.03. The standard InChI is InChI=1S/C15H18N2O4S/c18-15(16-8-11-5-6-22(19,20)10-11)17-9-13-7-12-3-1-2-4-14(12)21-13/h1-4,7,11H,5-6,8-10H2,(H2,16,17,18)/t11-/m1/s1. The Morgan fingerprint density at radius 3 is 2.82 bits per heavy atom. The first-order valence-electron chi connectivity index (χ1n) is 7.21. The molecule has 0 radical (unpaired) electrons. The van der Waals surface area contributed by atoms with Gasteiger partial charge in [0.15, 0.2) is 9.84 Å². The average molecular weight is 322 g/mol. The van der Waals surface area contributed by atoms with Gasteiger partial charge < -0.3 is 15.1 Å². The number of furan rings is 1. The Balaban J connectivity index is 1.46. The van der Waals surface area contributed by atoms with Crippen LogP contribution in [0.5, 0.6) is 0 Å². The number of carbonyl (C=O) groups excluding carboxylic acids is 1. The van der Waals surface area contributed by atoms with Crippen LogP contribution in [0.15, 0.2) is 34.7 Å². The summed E-state index contributed by atoms with van der Waals surface area (Å²) < 4.78 is 28.3. The van der Waals surface area contributed by atoms with E-state index in [9.17, 15) is 13.2 Å². The van der Waals surface area contributed by atoms with E-state index in [1.54, 1.807) is 0 Å². The lowest BCUT2D eigenvalue weighted by Gasteiger charge is -2.10. The van der Waals surface area contributed by atoms with Crippen LogP contribution in [-0.2, 0) is 16.4 Å². The van der Waals surface area contributed by atoms with Crippen molar-refractivity contribution in [3.05, 3.63) is 36.1 Å². The van der Waals surface area contributed by atoms with Crippen LogP contribution in [0.3, 0.4) is 0 Å². The highest BCUT2D eigenvalue weighted by atomic mass is 32.2. The van der Waals surface area contributed by atoms with Gasteiger partial charge in [0, 0.05) is 11.9 Å². The molecule has 2 heterocycles. The Morgan fingerprint density at radius 2 is 2.09 bits per heavy atom. The molecule has 6 nitrogen and oxygen atoms in total. The predicted molar refractivity (Wildman–Crippen MR) is 83.2 cm³/mol. The van der Waals surface area contributed by atoms with Crippen molar-refractivity contribution in [3.63, 3.8) is 0 Å². The molecule has 0 aliphatic carbocycles. The molecule has 2 N–H and O–H groups in total. The number of para-hydroxylation sites is 1. The maximum Gasteiger partial charge on any atom is 0.315 e. The van der Waals surface area contributed by atoms with Crippen molar-refractivity contribution in [2.24, 2.45) is 5.92 Å². The molecule has 0 bridgehead atoms. The maximum absolute atomic E-state index is 11.7. The number of fused-ring (bicyclic) bond motifs is 1. The summed E-state index contributed by atoms with van der Waals surface area (Å²) in [6.07, 6.45) is 0.617. The molecule has 2 amide bonds. The van der Waals surface area contributed by atoms with Crippen molar-refractivity contribution in [3.8, 4) is 0 Å². The number of benzene rings is 1. The van der Waals surface area contributed by atoms with Crippen LogP contribution >= 0.6 is 0 Å². The summed E-state index contributed by atoms with van der Waals surface area (Å²) in [5.74, 6) is 1.08. The third-order valence-electron chi connectivity index (χ3n) is 3.78. The second kappa shape index (κ2) is 6.00. The normalized spacial score (nSPS) is 20.1. The number of hydrogen-bond acceptors (Lipinski definition) is 4. The van der Waals surface area contributed by atoms with Crippen molar-refractivity contribution >= 4 is 26.8 Å². The summed E-state index contributed by atoms with van der Waals surface area (Å²) in [4.78, 5) is 11.7. The number of nitrogens with one attached hydrogen (secondary N) is 2. The van der Waals surface area contributed by atoms with Gasteiger partial charge in [-0.05, 0) is 24.5 Å². The number of sulfone groups is 1. The third kappa shape index (κ3) is 3.59. The maximum atomic E-state index is 11.7. The highest BCUT2D eigenvalue weighted by molar-refractivity contribution is 7.91. The van der Waals surface area contributed by atoms with Crippen molar-refractivity contribution < 1.29 is 17.6 Å². The molecule has 1 fully saturated rings. The molecular weight excluding hydrogens is 304 g/mol. The number of amides is 2. The molecule has 1 aromatic carbocycles. The summed E-state index contributed by atoms with van der Waals surface area (Å²) in [6, 6.07) is 9.22. The van der Waals surface area contributed by atoms with E-state index < -0.39 is 9.84 Å². The summed E-state index contributed by atoms with van der Waals surface area (Å²) in [5.41, 5.74) is 0.788. The molecule has 0 spiro atoms. The fourth-order valence-electron chi connectivity index (χ4n) is 2.62. The zero-order valence-electron chi connectivity index (χ0n) is 12.0. The van der Waals surface area contributed by atoms with Crippen molar-refractivity contribution in [2.45, 2.75) is 13.0 Å². The second-order valence-electron chi connectivity index (χ2n) is 5.58. The summed E-state index contributed by atoms with van der Waals surface area (Å²) in [7, 11) is -2.90. The number of rotatable bonds is 4. The van der Waals surface area contributed by atoms with E-state index in [0.717, 1.165) is 11.0 Å². The smallest absolute Gasteiger partial charge is 0.315 e. The Labute approximate surface area is 128 Å². The highest BCUT2D eigenvalue weighted by Crippen LogP contribution is 2.19. The molecule has 1 aliphatic rings. The van der Waals surface area contributed by atoms with Crippen LogP contribution in [0.25, 0.3) is 11.0 Å². The minimum Gasteiger partial charge on any atom is -0.459 e. The average Bonchev–Trinajstić information content (AvgIpc) is 3.05. The molecule has 7 heteroatoms. The fraction of sp³-hybridized carbons (Fsp3) is 0.400. The zero-order chi connectivity index (χ0) is 15.6. The van der Waals surface area contributed by atoms with Gasteiger partial charge in [0.05, 0.1) is 18.1 Å². The van der Waals surface area contributed by atoms with E-state index in [0.29, 0.717) is 25.3 Å². The third-order valence-corrected chi connectivity index (χ3v) is 5.61. The minimum absolute atomic E-state index is 0.0157. The lowest BCUT2D eigenvalue weighted by molar-refractivity contribution is 0.238. The van der Waals surface area contributed by atoms with Crippen LogP contribution in [0.2, 0.25) is 0 Å².